The number of para-hydroxylation sites is 1. The van der Waals surface area contributed by atoms with Gasteiger partial charge in [0.05, 0.1) is 0 Å². The minimum atomic E-state index is -0.449. The Morgan fingerprint density at radius 2 is 1.61 bits per heavy atom. The summed E-state index contributed by atoms with van der Waals surface area (Å²) in [5, 5.41) is 3.02. The number of nitrogens with one attached hydrogen (secondary N) is 1. The van der Waals surface area contributed by atoms with Crippen LogP contribution in [0.3, 0.4) is 0 Å². The van der Waals surface area contributed by atoms with Crippen LogP contribution >= 0.6 is 0 Å². The first-order valence-corrected chi connectivity index (χ1v) is 13.3. The summed E-state index contributed by atoms with van der Waals surface area (Å²) in [6.45, 7) is 6.14. The van der Waals surface area contributed by atoms with E-state index in [9.17, 15) is 14.4 Å². The number of hydrogen-bond acceptors (Lipinski definition) is 6. The number of anilines is 1. The summed E-state index contributed by atoms with van der Waals surface area (Å²) in [7, 11) is 0. The third-order valence-electron chi connectivity index (χ3n) is 8.00. The minimum absolute atomic E-state index is 0.0801. The van der Waals surface area contributed by atoms with Gasteiger partial charge in [-0.15, -0.1) is 0 Å². The molecule has 0 unspecified atom stereocenters. The highest BCUT2D eigenvalue weighted by Gasteiger charge is 2.32. The van der Waals surface area contributed by atoms with Gasteiger partial charge < -0.3 is 29.5 Å². The van der Waals surface area contributed by atoms with E-state index in [4.69, 9.17) is 9.47 Å². The molecule has 0 saturated carbocycles. The topological polar surface area (TPSA) is 94.7 Å². The number of hydrogen-bond donors (Lipinski definition) is 1. The van der Waals surface area contributed by atoms with Gasteiger partial charge in [-0.1, -0.05) is 18.2 Å². The van der Waals surface area contributed by atoms with E-state index in [-0.39, 0.29) is 24.6 Å². The molecule has 0 bridgehead atoms. The number of urea groups is 1. The predicted octanol–water partition coefficient (Wildman–Crippen LogP) is 2.00. The summed E-state index contributed by atoms with van der Waals surface area (Å²) in [6.07, 6.45) is 3.86. The summed E-state index contributed by atoms with van der Waals surface area (Å²) in [4.78, 5) is 45.8. The Bertz CT molecular complexity index is 936. The standard InChI is InChI=1S/C26H37N5O5/c32-24(29-15-13-28(14-16-29)21-8-17-35-18-9-21)19-36-26(34)30-10-6-22(7-11-30)31-12-5-20-3-1-2-4-23(20)27-25(31)33/h1-4,21-22H,5-19H2,(H,27,33). The maximum atomic E-state index is 12.8. The second-order valence-electron chi connectivity index (χ2n) is 10.1. The highest BCUT2D eigenvalue weighted by atomic mass is 16.6. The molecular weight excluding hydrogens is 462 g/mol. The molecule has 4 amide bonds. The molecule has 5 rings (SSSR count). The lowest BCUT2D eigenvalue weighted by atomic mass is 10.0. The van der Waals surface area contributed by atoms with Crippen molar-refractivity contribution in [3.8, 4) is 0 Å². The first-order valence-electron chi connectivity index (χ1n) is 13.3. The van der Waals surface area contributed by atoms with E-state index in [0.29, 0.717) is 51.6 Å². The van der Waals surface area contributed by atoms with Gasteiger partial charge in [0.1, 0.15) is 0 Å². The number of carbonyl (C=O) groups is 3. The molecule has 1 aromatic rings. The summed E-state index contributed by atoms with van der Waals surface area (Å²) < 4.78 is 10.8. The number of piperazine rings is 1. The summed E-state index contributed by atoms with van der Waals surface area (Å²) in [5.74, 6) is -0.134. The number of piperidine rings is 1. The second kappa shape index (κ2) is 11.5. The Morgan fingerprint density at radius 3 is 2.36 bits per heavy atom. The molecule has 0 spiro atoms. The number of fused-ring (bicyclic) bond motifs is 1. The van der Waals surface area contributed by atoms with E-state index < -0.39 is 6.09 Å². The Labute approximate surface area is 212 Å². The molecule has 4 heterocycles. The quantitative estimate of drug-likeness (QED) is 0.681. The Morgan fingerprint density at radius 1 is 0.889 bits per heavy atom. The van der Waals surface area contributed by atoms with Crippen molar-refractivity contribution in [2.24, 2.45) is 0 Å². The molecule has 0 atom stereocenters. The fraction of sp³-hybridized carbons (Fsp3) is 0.654. The zero-order valence-corrected chi connectivity index (χ0v) is 20.9. The van der Waals surface area contributed by atoms with Crippen molar-refractivity contribution in [1.82, 2.24) is 19.6 Å². The average Bonchev–Trinajstić information content (AvgIpc) is 3.10. The maximum absolute atomic E-state index is 12.8. The van der Waals surface area contributed by atoms with Crippen molar-refractivity contribution < 1.29 is 23.9 Å². The number of nitrogens with zero attached hydrogens (tertiary/aromatic N) is 4. The van der Waals surface area contributed by atoms with Gasteiger partial charge in [-0.25, -0.2) is 9.59 Å². The van der Waals surface area contributed by atoms with Crippen LogP contribution in [-0.2, 0) is 20.7 Å². The SMILES string of the molecule is O=C(COC(=O)N1CCC(N2CCc3ccccc3NC2=O)CC1)N1CCN(C2CCOCC2)CC1. The molecule has 0 aliphatic carbocycles. The van der Waals surface area contributed by atoms with Crippen LogP contribution in [0.25, 0.3) is 0 Å². The number of likely N-dealkylation sites (tertiary alicyclic amines) is 1. The number of carbonyl (C=O) groups excluding carboxylic acids is 3. The first-order chi connectivity index (χ1) is 17.6. The van der Waals surface area contributed by atoms with Crippen molar-refractivity contribution in [1.29, 1.82) is 0 Å². The van der Waals surface area contributed by atoms with Gasteiger partial charge in [0.15, 0.2) is 6.61 Å². The van der Waals surface area contributed by atoms with Gasteiger partial charge in [0, 0.05) is 76.8 Å². The lowest BCUT2D eigenvalue weighted by Crippen LogP contribution is -2.54. The van der Waals surface area contributed by atoms with Crippen molar-refractivity contribution in [2.45, 2.75) is 44.2 Å². The molecule has 4 aliphatic rings. The van der Waals surface area contributed by atoms with Crippen LogP contribution in [-0.4, -0.2) is 115 Å². The minimum Gasteiger partial charge on any atom is -0.439 e. The molecule has 0 aromatic heterocycles. The van der Waals surface area contributed by atoms with Crippen LogP contribution in [0.2, 0.25) is 0 Å². The molecule has 10 heteroatoms. The van der Waals surface area contributed by atoms with Gasteiger partial charge >= 0.3 is 12.1 Å². The van der Waals surface area contributed by atoms with Crippen LogP contribution in [0.4, 0.5) is 15.3 Å². The molecule has 4 aliphatic heterocycles. The number of amides is 4. The van der Waals surface area contributed by atoms with Crippen LogP contribution in [0.5, 0.6) is 0 Å². The highest BCUT2D eigenvalue weighted by Crippen LogP contribution is 2.24. The van der Waals surface area contributed by atoms with Gasteiger partial charge in [0.2, 0.25) is 0 Å². The van der Waals surface area contributed by atoms with E-state index in [0.717, 1.165) is 56.8 Å². The van der Waals surface area contributed by atoms with E-state index in [1.54, 1.807) is 9.80 Å². The monoisotopic (exact) mass is 499 g/mol. The third-order valence-corrected chi connectivity index (χ3v) is 8.00. The number of ether oxygens (including phenoxy) is 2. The molecule has 1 N–H and O–H groups in total. The summed E-state index contributed by atoms with van der Waals surface area (Å²) in [6, 6.07) is 8.45. The normalized spacial score (nSPS) is 22.6. The largest absolute Gasteiger partial charge is 0.439 e. The zero-order chi connectivity index (χ0) is 24.9. The van der Waals surface area contributed by atoms with Gasteiger partial charge in [0.25, 0.3) is 5.91 Å². The van der Waals surface area contributed by atoms with Crippen molar-refractivity contribution >= 4 is 23.7 Å². The van der Waals surface area contributed by atoms with E-state index in [1.807, 2.05) is 29.2 Å². The molecule has 3 saturated heterocycles. The third kappa shape index (κ3) is 5.75. The Balaban J connectivity index is 1.02. The Hall–Kier alpha value is -2.85. The smallest absolute Gasteiger partial charge is 0.410 e. The molecule has 3 fully saturated rings. The molecule has 1 aromatic carbocycles. The molecule has 10 nitrogen and oxygen atoms in total. The number of benzene rings is 1. The fourth-order valence-corrected chi connectivity index (χ4v) is 5.79. The fourth-order valence-electron chi connectivity index (χ4n) is 5.79. The van der Waals surface area contributed by atoms with E-state index >= 15 is 0 Å². The number of rotatable bonds is 4. The van der Waals surface area contributed by atoms with Crippen LogP contribution in [0.15, 0.2) is 24.3 Å². The van der Waals surface area contributed by atoms with E-state index in [1.165, 1.54) is 0 Å². The van der Waals surface area contributed by atoms with E-state index in [2.05, 4.69) is 10.2 Å². The molecule has 196 valence electrons. The zero-order valence-electron chi connectivity index (χ0n) is 20.9. The summed E-state index contributed by atoms with van der Waals surface area (Å²) >= 11 is 0. The molecule has 0 radical (unpaired) electrons. The molecule has 36 heavy (non-hydrogen) atoms. The van der Waals surface area contributed by atoms with Gasteiger partial charge in [-0.2, -0.15) is 0 Å². The predicted molar refractivity (Wildman–Crippen MR) is 134 cm³/mol. The van der Waals surface area contributed by atoms with Crippen molar-refractivity contribution in [3.63, 3.8) is 0 Å². The van der Waals surface area contributed by atoms with Crippen molar-refractivity contribution in [3.05, 3.63) is 29.8 Å². The average molecular weight is 500 g/mol. The van der Waals surface area contributed by atoms with Crippen LogP contribution in [0.1, 0.15) is 31.2 Å². The first kappa shape index (κ1) is 24.8. The second-order valence-corrected chi connectivity index (χ2v) is 10.1. The van der Waals surface area contributed by atoms with Crippen LogP contribution in [0, 0.1) is 0 Å². The van der Waals surface area contributed by atoms with Crippen molar-refractivity contribution in [2.75, 3.05) is 71.0 Å². The lowest BCUT2D eigenvalue weighted by Gasteiger charge is -2.40. The summed E-state index contributed by atoms with van der Waals surface area (Å²) in [5.41, 5.74) is 2.02. The van der Waals surface area contributed by atoms with Gasteiger partial charge in [-0.05, 0) is 43.7 Å². The molecular formula is C26H37N5O5. The highest BCUT2D eigenvalue weighted by molar-refractivity contribution is 5.91. The maximum Gasteiger partial charge on any atom is 0.410 e. The lowest BCUT2D eigenvalue weighted by molar-refractivity contribution is -0.137. The van der Waals surface area contributed by atoms with Gasteiger partial charge in [-0.3, -0.25) is 9.69 Å². The van der Waals surface area contributed by atoms with Crippen LogP contribution < -0.4 is 5.32 Å². The Kier molecular flexibility index (Phi) is 7.91.